The van der Waals surface area contributed by atoms with Crippen molar-refractivity contribution in [2.24, 2.45) is 5.92 Å². The van der Waals surface area contributed by atoms with E-state index in [4.69, 9.17) is 0 Å². The maximum atomic E-state index is 12.6. The number of carbonyl (C=O) groups is 1. The number of halogens is 1. The summed E-state index contributed by atoms with van der Waals surface area (Å²) in [5.41, 5.74) is 0.387. The molecular formula is C14H17IN2O3. The van der Waals surface area contributed by atoms with E-state index >= 15 is 0 Å². The van der Waals surface area contributed by atoms with Crippen LogP contribution in [0.4, 0.5) is 5.69 Å². The zero-order chi connectivity index (χ0) is 14.9. The maximum absolute atomic E-state index is 12.6. The smallest absolute Gasteiger partial charge is 0.270 e. The molecule has 1 aliphatic carbocycles. The molecule has 1 aromatic rings. The number of nitro benzene ring substituents is 1. The van der Waals surface area contributed by atoms with Crippen LogP contribution in [0.15, 0.2) is 18.2 Å². The first-order chi connectivity index (χ1) is 9.40. The van der Waals surface area contributed by atoms with Gasteiger partial charge in [0.15, 0.2) is 0 Å². The highest BCUT2D eigenvalue weighted by molar-refractivity contribution is 14.1. The van der Waals surface area contributed by atoms with Gasteiger partial charge in [-0.1, -0.05) is 0 Å². The molecule has 1 aromatic carbocycles. The van der Waals surface area contributed by atoms with Crippen LogP contribution >= 0.6 is 22.6 Å². The van der Waals surface area contributed by atoms with Crippen LogP contribution in [0, 0.1) is 19.6 Å². The molecule has 0 atom stereocenters. The van der Waals surface area contributed by atoms with Crippen LogP contribution in [-0.2, 0) is 0 Å². The number of nitrogens with zero attached hydrogens (tertiary/aromatic N) is 2. The number of carbonyl (C=O) groups excluding carboxylic acids is 1. The summed E-state index contributed by atoms with van der Waals surface area (Å²) in [5, 5.41) is 10.9. The van der Waals surface area contributed by atoms with E-state index in [9.17, 15) is 14.9 Å². The molecule has 1 saturated carbocycles. The summed E-state index contributed by atoms with van der Waals surface area (Å²) >= 11 is 2.05. The Balaban J connectivity index is 2.29. The van der Waals surface area contributed by atoms with E-state index in [1.807, 2.05) is 18.7 Å². The number of amides is 1. The molecule has 1 aliphatic rings. The fourth-order valence-electron chi connectivity index (χ4n) is 2.05. The predicted molar refractivity (Wildman–Crippen MR) is 84.7 cm³/mol. The minimum atomic E-state index is -0.465. The lowest BCUT2D eigenvalue weighted by molar-refractivity contribution is -0.384. The van der Waals surface area contributed by atoms with E-state index in [0.29, 0.717) is 11.5 Å². The molecule has 0 radical (unpaired) electrons. The van der Waals surface area contributed by atoms with Gasteiger partial charge in [-0.3, -0.25) is 14.9 Å². The summed E-state index contributed by atoms with van der Waals surface area (Å²) in [4.78, 5) is 24.9. The topological polar surface area (TPSA) is 63.5 Å². The zero-order valence-electron chi connectivity index (χ0n) is 11.5. The Labute approximate surface area is 131 Å². The lowest BCUT2D eigenvalue weighted by Gasteiger charge is -2.27. The van der Waals surface area contributed by atoms with E-state index in [1.54, 1.807) is 6.07 Å². The van der Waals surface area contributed by atoms with Crippen molar-refractivity contribution in [2.45, 2.75) is 32.7 Å². The van der Waals surface area contributed by atoms with Crippen LogP contribution in [0.3, 0.4) is 0 Å². The minimum absolute atomic E-state index is 0.0381. The third-order valence-corrected chi connectivity index (χ3v) is 4.37. The fraction of sp³-hybridized carbons (Fsp3) is 0.500. The van der Waals surface area contributed by atoms with E-state index in [2.05, 4.69) is 22.6 Å². The van der Waals surface area contributed by atoms with E-state index < -0.39 is 4.92 Å². The van der Waals surface area contributed by atoms with Crippen molar-refractivity contribution in [3.05, 3.63) is 37.4 Å². The number of non-ortho nitro benzene ring substituents is 1. The first-order valence-corrected chi connectivity index (χ1v) is 7.73. The predicted octanol–water partition coefficient (Wildman–Crippen LogP) is 3.46. The Morgan fingerprint density at radius 1 is 1.50 bits per heavy atom. The molecule has 6 heteroatoms. The standard InChI is InChI=1S/C14H17IN2O3/c1-9(2)16(8-10-3-4-10)14(18)12-7-11(17(19)20)5-6-13(12)15/h5-7,9-10H,3-4,8H2,1-2H3. The van der Waals surface area contributed by atoms with Crippen LogP contribution < -0.4 is 0 Å². The quantitative estimate of drug-likeness (QED) is 0.441. The van der Waals surface area contributed by atoms with Crippen molar-refractivity contribution in [3.63, 3.8) is 0 Å². The van der Waals surface area contributed by atoms with Crippen molar-refractivity contribution in [1.29, 1.82) is 0 Å². The molecule has 1 amide bonds. The van der Waals surface area contributed by atoms with Gasteiger partial charge in [0, 0.05) is 28.3 Å². The van der Waals surface area contributed by atoms with E-state index in [0.717, 1.165) is 10.1 Å². The number of benzene rings is 1. The molecule has 0 aliphatic heterocycles. The Hall–Kier alpha value is -1.18. The summed E-state index contributed by atoms with van der Waals surface area (Å²) in [5.74, 6) is 0.484. The number of nitro groups is 1. The third kappa shape index (κ3) is 3.47. The Morgan fingerprint density at radius 3 is 2.65 bits per heavy atom. The Kier molecular flexibility index (Phi) is 4.62. The van der Waals surface area contributed by atoms with Gasteiger partial charge in [0.25, 0.3) is 11.6 Å². The summed E-state index contributed by atoms with van der Waals surface area (Å²) in [7, 11) is 0. The maximum Gasteiger partial charge on any atom is 0.270 e. The van der Waals surface area contributed by atoms with Crippen molar-refractivity contribution in [3.8, 4) is 0 Å². The summed E-state index contributed by atoms with van der Waals surface area (Å²) < 4.78 is 0.750. The summed E-state index contributed by atoms with van der Waals surface area (Å²) in [6, 6.07) is 4.53. The molecular weight excluding hydrogens is 371 g/mol. The second-order valence-electron chi connectivity index (χ2n) is 5.42. The monoisotopic (exact) mass is 388 g/mol. The van der Waals surface area contributed by atoms with Crippen LogP contribution in [0.2, 0.25) is 0 Å². The van der Waals surface area contributed by atoms with Gasteiger partial charge < -0.3 is 4.90 Å². The average Bonchev–Trinajstić information content (AvgIpc) is 3.19. The zero-order valence-corrected chi connectivity index (χ0v) is 13.7. The molecule has 0 N–H and O–H groups in total. The van der Waals surface area contributed by atoms with Crippen LogP contribution in [0.1, 0.15) is 37.0 Å². The number of hydrogen-bond donors (Lipinski definition) is 0. The first-order valence-electron chi connectivity index (χ1n) is 6.65. The summed E-state index contributed by atoms with van der Waals surface area (Å²) in [6.07, 6.45) is 2.34. The molecule has 2 rings (SSSR count). The molecule has 0 saturated heterocycles. The van der Waals surface area contributed by atoms with Gasteiger partial charge in [-0.2, -0.15) is 0 Å². The van der Waals surface area contributed by atoms with Crippen molar-refractivity contribution >= 4 is 34.2 Å². The number of hydrogen-bond acceptors (Lipinski definition) is 3. The van der Waals surface area contributed by atoms with Gasteiger partial charge in [0.2, 0.25) is 0 Å². The Bertz CT molecular complexity index is 541. The number of rotatable bonds is 5. The van der Waals surface area contributed by atoms with Gasteiger partial charge in [-0.05, 0) is 61.3 Å². The fourth-order valence-corrected chi connectivity index (χ4v) is 2.62. The molecule has 0 aromatic heterocycles. The molecule has 108 valence electrons. The van der Waals surface area contributed by atoms with Gasteiger partial charge in [0.05, 0.1) is 10.5 Å². The highest BCUT2D eigenvalue weighted by Gasteiger charge is 2.30. The molecule has 0 heterocycles. The highest BCUT2D eigenvalue weighted by Crippen LogP contribution is 2.31. The first kappa shape index (κ1) is 15.2. The molecule has 20 heavy (non-hydrogen) atoms. The second kappa shape index (κ2) is 6.07. The van der Waals surface area contributed by atoms with E-state index in [-0.39, 0.29) is 17.6 Å². The van der Waals surface area contributed by atoms with Crippen LogP contribution in [0.25, 0.3) is 0 Å². The lowest BCUT2D eigenvalue weighted by atomic mass is 10.1. The van der Waals surface area contributed by atoms with Crippen molar-refractivity contribution in [2.75, 3.05) is 6.54 Å². The summed E-state index contributed by atoms with van der Waals surface area (Å²) in [6.45, 7) is 4.70. The Morgan fingerprint density at radius 2 is 2.15 bits per heavy atom. The lowest BCUT2D eigenvalue weighted by Crippen LogP contribution is -2.38. The largest absolute Gasteiger partial charge is 0.336 e. The third-order valence-electron chi connectivity index (χ3n) is 3.43. The van der Waals surface area contributed by atoms with Crippen LogP contribution in [0.5, 0.6) is 0 Å². The van der Waals surface area contributed by atoms with Gasteiger partial charge in [0.1, 0.15) is 0 Å². The minimum Gasteiger partial charge on any atom is -0.336 e. The molecule has 0 unspecified atom stereocenters. The van der Waals surface area contributed by atoms with Gasteiger partial charge in [-0.15, -0.1) is 0 Å². The average molecular weight is 388 g/mol. The molecule has 0 spiro atoms. The molecule has 5 nitrogen and oxygen atoms in total. The van der Waals surface area contributed by atoms with Gasteiger partial charge in [-0.25, -0.2) is 0 Å². The second-order valence-corrected chi connectivity index (χ2v) is 6.58. The van der Waals surface area contributed by atoms with E-state index in [1.165, 1.54) is 25.0 Å². The van der Waals surface area contributed by atoms with Crippen molar-refractivity contribution in [1.82, 2.24) is 4.90 Å². The van der Waals surface area contributed by atoms with Crippen LogP contribution in [-0.4, -0.2) is 28.3 Å². The normalized spacial score (nSPS) is 14.4. The SMILES string of the molecule is CC(C)N(CC1CC1)C(=O)c1cc([N+](=O)[O-])ccc1I. The highest BCUT2D eigenvalue weighted by atomic mass is 127. The molecule has 0 bridgehead atoms. The van der Waals surface area contributed by atoms with Crippen molar-refractivity contribution < 1.29 is 9.72 Å². The molecule has 1 fully saturated rings. The van der Waals surface area contributed by atoms with Gasteiger partial charge >= 0.3 is 0 Å².